The highest BCUT2D eigenvalue weighted by atomic mass is 79.9. The highest BCUT2D eigenvalue weighted by molar-refractivity contribution is 9.09. The van der Waals surface area contributed by atoms with Crippen molar-refractivity contribution >= 4 is 21.7 Å². The lowest BCUT2D eigenvalue weighted by atomic mass is 10.0. The lowest BCUT2D eigenvalue weighted by molar-refractivity contribution is -0.116. The van der Waals surface area contributed by atoms with E-state index >= 15 is 0 Å². The van der Waals surface area contributed by atoms with Crippen LogP contribution in [-0.2, 0) is 11.4 Å². The van der Waals surface area contributed by atoms with Crippen LogP contribution in [0.1, 0.15) is 22.9 Å². The van der Waals surface area contributed by atoms with Gasteiger partial charge in [0.2, 0.25) is 0 Å². The summed E-state index contributed by atoms with van der Waals surface area (Å²) < 4.78 is 5.11. The SMILES string of the molecule is COc1cccc(C(Br)C(C)=O)c1CO. The van der Waals surface area contributed by atoms with Crippen LogP contribution < -0.4 is 4.74 Å². The molecule has 4 heteroatoms. The van der Waals surface area contributed by atoms with E-state index in [1.54, 1.807) is 18.2 Å². The molecule has 1 N–H and O–H groups in total. The fourth-order valence-corrected chi connectivity index (χ4v) is 1.83. The van der Waals surface area contributed by atoms with Gasteiger partial charge in [-0.2, -0.15) is 0 Å². The number of carbonyl (C=O) groups is 1. The number of ether oxygens (including phenoxy) is 1. The lowest BCUT2D eigenvalue weighted by Gasteiger charge is -2.14. The number of benzene rings is 1. The third kappa shape index (κ3) is 2.58. The fourth-order valence-electron chi connectivity index (χ4n) is 1.40. The summed E-state index contributed by atoms with van der Waals surface area (Å²) in [4.78, 5) is 10.8. The third-order valence-corrected chi connectivity index (χ3v) is 3.32. The molecule has 0 aliphatic heterocycles. The van der Waals surface area contributed by atoms with Crippen molar-refractivity contribution in [2.45, 2.75) is 18.4 Å². The van der Waals surface area contributed by atoms with Crippen LogP contribution in [0.3, 0.4) is 0 Å². The Bertz CT molecular complexity index is 363. The molecule has 0 heterocycles. The number of rotatable bonds is 4. The van der Waals surface area contributed by atoms with E-state index < -0.39 is 4.83 Å². The average molecular weight is 273 g/mol. The molecule has 3 nitrogen and oxygen atoms in total. The summed E-state index contributed by atoms with van der Waals surface area (Å²) >= 11 is 3.29. The van der Waals surface area contributed by atoms with Crippen LogP contribution in [0.2, 0.25) is 0 Å². The molecule has 0 fully saturated rings. The predicted molar refractivity (Wildman–Crippen MR) is 61.3 cm³/mol. The number of ketones is 1. The smallest absolute Gasteiger partial charge is 0.147 e. The van der Waals surface area contributed by atoms with Crippen molar-refractivity contribution in [1.82, 2.24) is 0 Å². The molecule has 1 aromatic carbocycles. The number of alkyl halides is 1. The van der Waals surface area contributed by atoms with E-state index in [1.165, 1.54) is 14.0 Å². The maximum absolute atomic E-state index is 11.2. The molecule has 0 aliphatic carbocycles. The van der Waals surface area contributed by atoms with Crippen LogP contribution in [-0.4, -0.2) is 18.0 Å². The van der Waals surface area contributed by atoms with Crippen molar-refractivity contribution in [3.8, 4) is 5.75 Å². The number of aliphatic hydroxyl groups excluding tert-OH is 1. The molecule has 0 aromatic heterocycles. The molecule has 0 radical (unpaired) electrons. The van der Waals surface area contributed by atoms with Crippen LogP contribution >= 0.6 is 15.9 Å². The minimum absolute atomic E-state index is 0.00190. The van der Waals surface area contributed by atoms with Crippen molar-refractivity contribution < 1.29 is 14.6 Å². The molecule has 1 aromatic rings. The fraction of sp³-hybridized carbons (Fsp3) is 0.364. The van der Waals surface area contributed by atoms with Gasteiger partial charge >= 0.3 is 0 Å². The van der Waals surface area contributed by atoms with E-state index in [0.717, 1.165) is 5.56 Å². The van der Waals surface area contributed by atoms with Crippen molar-refractivity contribution in [2.75, 3.05) is 7.11 Å². The quantitative estimate of drug-likeness (QED) is 0.855. The van der Waals surface area contributed by atoms with Crippen LogP contribution in [0.25, 0.3) is 0 Å². The van der Waals surface area contributed by atoms with E-state index in [9.17, 15) is 9.90 Å². The van der Waals surface area contributed by atoms with Gasteiger partial charge in [0.25, 0.3) is 0 Å². The first-order valence-electron chi connectivity index (χ1n) is 4.53. The maximum atomic E-state index is 11.2. The molecule has 0 bridgehead atoms. The Labute approximate surface area is 97.2 Å². The Morgan fingerprint density at radius 2 is 2.27 bits per heavy atom. The van der Waals surface area contributed by atoms with Crippen molar-refractivity contribution in [2.24, 2.45) is 0 Å². The van der Waals surface area contributed by atoms with Gasteiger partial charge in [0.15, 0.2) is 0 Å². The second-order valence-corrected chi connectivity index (χ2v) is 4.08. The van der Waals surface area contributed by atoms with Gasteiger partial charge in [-0.3, -0.25) is 4.79 Å². The zero-order valence-corrected chi connectivity index (χ0v) is 10.2. The Hall–Kier alpha value is -0.870. The summed E-state index contributed by atoms with van der Waals surface area (Å²) in [6, 6.07) is 5.36. The molecular formula is C11H13BrO3. The first-order valence-corrected chi connectivity index (χ1v) is 5.44. The van der Waals surface area contributed by atoms with Crippen LogP contribution in [0.15, 0.2) is 18.2 Å². The van der Waals surface area contributed by atoms with E-state index in [2.05, 4.69) is 15.9 Å². The molecule has 0 spiro atoms. The van der Waals surface area contributed by atoms with Crippen LogP contribution in [0.4, 0.5) is 0 Å². The van der Waals surface area contributed by atoms with E-state index in [-0.39, 0.29) is 12.4 Å². The van der Waals surface area contributed by atoms with Gasteiger partial charge in [0, 0.05) is 5.56 Å². The monoisotopic (exact) mass is 272 g/mol. The molecule has 0 saturated heterocycles. The van der Waals surface area contributed by atoms with Gasteiger partial charge in [-0.05, 0) is 18.6 Å². The number of hydrogen-bond donors (Lipinski definition) is 1. The molecule has 1 rings (SSSR count). The van der Waals surface area contributed by atoms with Crippen molar-refractivity contribution in [1.29, 1.82) is 0 Å². The zero-order chi connectivity index (χ0) is 11.4. The number of Topliss-reactive ketones (excluding diaryl/α,β-unsaturated/α-hetero) is 1. The second kappa shape index (κ2) is 5.28. The van der Waals surface area contributed by atoms with Gasteiger partial charge in [-0.1, -0.05) is 28.1 Å². The predicted octanol–water partition coefficient (Wildman–Crippen LogP) is 2.21. The number of methoxy groups -OCH3 is 1. The van der Waals surface area contributed by atoms with E-state index in [4.69, 9.17) is 4.74 Å². The number of aliphatic hydroxyl groups is 1. The molecule has 0 aliphatic rings. The highest BCUT2D eigenvalue weighted by Gasteiger charge is 2.18. The Morgan fingerprint density at radius 3 is 2.73 bits per heavy atom. The Kier molecular flexibility index (Phi) is 4.29. The molecule has 1 unspecified atom stereocenters. The lowest BCUT2D eigenvalue weighted by Crippen LogP contribution is -2.06. The molecule has 1 atom stereocenters. The molecule has 82 valence electrons. The van der Waals surface area contributed by atoms with E-state index in [1.807, 2.05) is 0 Å². The Balaban J connectivity index is 3.22. The minimum atomic E-state index is -0.394. The molecule has 0 saturated carbocycles. The van der Waals surface area contributed by atoms with Crippen LogP contribution in [0.5, 0.6) is 5.75 Å². The first-order chi connectivity index (χ1) is 7.11. The van der Waals surface area contributed by atoms with Crippen LogP contribution in [0, 0.1) is 0 Å². The summed E-state index contributed by atoms with van der Waals surface area (Å²) in [5, 5.41) is 9.25. The highest BCUT2D eigenvalue weighted by Crippen LogP contribution is 2.32. The van der Waals surface area contributed by atoms with Gasteiger partial charge in [-0.15, -0.1) is 0 Å². The largest absolute Gasteiger partial charge is 0.496 e. The van der Waals surface area contributed by atoms with Gasteiger partial charge in [0.05, 0.1) is 18.5 Å². The van der Waals surface area contributed by atoms with Gasteiger partial charge in [0.1, 0.15) is 11.5 Å². The molecular weight excluding hydrogens is 260 g/mol. The maximum Gasteiger partial charge on any atom is 0.147 e. The van der Waals surface area contributed by atoms with Crippen molar-refractivity contribution in [3.63, 3.8) is 0 Å². The third-order valence-electron chi connectivity index (χ3n) is 2.18. The first kappa shape index (κ1) is 12.2. The minimum Gasteiger partial charge on any atom is -0.496 e. The summed E-state index contributed by atoms with van der Waals surface area (Å²) in [6.45, 7) is 1.36. The topological polar surface area (TPSA) is 46.5 Å². The standard InChI is InChI=1S/C11H13BrO3/c1-7(14)11(12)8-4-3-5-10(15-2)9(8)6-13/h3-5,11,13H,6H2,1-2H3. The average Bonchev–Trinajstić information content (AvgIpc) is 2.26. The van der Waals surface area contributed by atoms with Gasteiger partial charge in [-0.25, -0.2) is 0 Å². The summed E-state index contributed by atoms with van der Waals surface area (Å²) in [5.41, 5.74) is 1.40. The Morgan fingerprint density at radius 1 is 1.60 bits per heavy atom. The van der Waals surface area contributed by atoms with Gasteiger partial charge < -0.3 is 9.84 Å². The zero-order valence-electron chi connectivity index (χ0n) is 8.66. The normalized spacial score (nSPS) is 12.3. The molecule has 15 heavy (non-hydrogen) atoms. The number of halogens is 1. The summed E-state index contributed by atoms with van der Waals surface area (Å²) in [6.07, 6.45) is 0. The number of carbonyl (C=O) groups excluding carboxylic acids is 1. The second-order valence-electron chi connectivity index (χ2n) is 3.16. The van der Waals surface area contributed by atoms with Crippen molar-refractivity contribution in [3.05, 3.63) is 29.3 Å². The summed E-state index contributed by atoms with van der Waals surface area (Å²) in [7, 11) is 1.54. The number of hydrogen-bond acceptors (Lipinski definition) is 3. The molecule has 0 amide bonds. The summed E-state index contributed by atoms with van der Waals surface area (Å²) in [5.74, 6) is 0.596. The van der Waals surface area contributed by atoms with E-state index in [0.29, 0.717) is 11.3 Å².